The third kappa shape index (κ3) is 4.55. The summed E-state index contributed by atoms with van der Waals surface area (Å²) in [6, 6.07) is 12.2. The minimum absolute atomic E-state index is 0.0752. The smallest absolute Gasteiger partial charge is 0.124 e. The summed E-state index contributed by atoms with van der Waals surface area (Å²) >= 11 is 0. The Morgan fingerprint density at radius 2 is 1.95 bits per heavy atom. The first kappa shape index (κ1) is 15.5. The average molecular weight is 285 g/mol. The van der Waals surface area contributed by atoms with Gasteiger partial charge < -0.3 is 4.74 Å². The summed E-state index contributed by atoms with van der Waals surface area (Å²) < 4.78 is 5.82. The molecule has 0 radical (unpaired) electrons. The molecule has 0 saturated carbocycles. The van der Waals surface area contributed by atoms with Crippen LogP contribution in [0.1, 0.15) is 36.9 Å². The first-order valence-electron chi connectivity index (χ1n) is 7.42. The lowest BCUT2D eigenvalue weighted by molar-refractivity contribution is 0.309. The fourth-order valence-corrected chi connectivity index (χ4v) is 2.30. The molecule has 4 heteroatoms. The molecule has 0 spiro atoms. The van der Waals surface area contributed by atoms with Gasteiger partial charge in [-0.15, -0.1) is 0 Å². The van der Waals surface area contributed by atoms with Crippen molar-refractivity contribution in [2.75, 3.05) is 6.61 Å². The van der Waals surface area contributed by atoms with Crippen molar-refractivity contribution in [1.82, 2.24) is 10.4 Å². The van der Waals surface area contributed by atoms with Gasteiger partial charge in [0.1, 0.15) is 5.75 Å². The van der Waals surface area contributed by atoms with E-state index in [0.29, 0.717) is 0 Å². The van der Waals surface area contributed by atoms with E-state index in [9.17, 15) is 0 Å². The highest BCUT2D eigenvalue weighted by molar-refractivity contribution is 5.36. The van der Waals surface area contributed by atoms with Crippen LogP contribution in [0.15, 0.2) is 48.8 Å². The molecule has 1 atom stereocenters. The first-order valence-corrected chi connectivity index (χ1v) is 7.42. The zero-order chi connectivity index (χ0) is 14.9. The molecule has 0 bridgehead atoms. The number of benzene rings is 1. The summed E-state index contributed by atoms with van der Waals surface area (Å²) in [6.07, 6.45) is 6.48. The van der Waals surface area contributed by atoms with Gasteiger partial charge in [-0.3, -0.25) is 16.3 Å². The van der Waals surface area contributed by atoms with Crippen LogP contribution in [0.2, 0.25) is 0 Å². The van der Waals surface area contributed by atoms with Gasteiger partial charge in [0.2, 0.25) is 0 Å². The molecule has 4 nitrogen and oxygen atoms in total. The maximum Gasteiger partial charge on any atom is 0.124 e. The second-order valence-electron chi connectivity index (χ2n) is 5.00. The molecule has 2 aromatic rings. The van der Waals surface area contributed by atoms with Gasteiger partial charge in [0.15, 0.2) is 0 Å². The molecule has 2 rings (SSSR count). The van der Waals surface area contributed by atoms with Crippen LogP contribution in [0, 0.1) is 0 Å². The van der Waals surface area contributed by atoms with E-state index in [-0.39, 0.29) is 6.04 Å². The van der Waals surface area contributed by atoms with Crippen LogP contribution in [0.5, 0.6) is 5.75 Å². The summed E-state index contributed by atoms with van der Waals surface area (Å²) in [5.41, 5.74) is 5.28. The lowest BCUT2D eigenvalue weighted by Gasteiger charge is -2.20. The number of rotatable bonds is 8. The van der Waals surface area contributed by atoms with E-state index in [1.54, 1.807) is 0 Å². The zero-order valence-corrected chi connectivity index (χ0v) is 12.5. The molecule has 3 N–H and O–H groups in total. The third-order valence-corrected chi connectivity index (χ3v) is 3.43. The number of para-hydroxylation sites is 1. The second-order valence-corrected chi connectivity index (χ2v) is 5.00. The van der Waals surface area contributed by atoms with E-state index in [0.717, 1.165) is 37.2 Å². The molecule has 0 fully saturated rings. The number of hydrazine groups is 1. The number of hydrogen-bond donors (Lipinski definition) is 2. The monoisotopic (exact) mass is 285 g/mol. The van der Waals surface area contributed by atoms with E-state index < -0.39 is 0 Å². The molecule has 1 heterocycles. The van der Waals surface area contributed by atoms with Crippen molar-refractivity contribution in [3.63, 3.8) is 0 Å². The molecule has 0 aliphatic heterocycles. The van der Waals surface area contributed by atoms with Crippen molar-refractivity contribution >= 4 is 0 Å². The largest absolute Gasteiger partial charge is 0.493 e. The van der Waals surface area contributed by atoms with E-state index in [2.05, 4.69) is 23.4 Å². The fraction of sp³-hybridized carbons (Fsp3) is 0.353. The molecule has 1 aromatic carbocycles. The normalized spacial score (nSPS) is 12.1. The SMILES string of the molecule is CCCOc1ccccc1C(CCc1ccncc1)NN. The predicted octanol–water partition coefficient (Wildman–Crippen LogP) is 3.01. The maximum atomic E-state index is 5.82. The Kier molecular flexibility index (Phi) is 6.19. The molecule has 112 valence electrons. The highest BCUT2D eigenvalue weighted by atomic mass is 16.5. The third-order valence-electron chi connectivity index (χ3n) is 3.43. The highest BCUT2D eigenvalue weighted by Crippen LogP contribution is 2.27. The van der Waals surface area contributed by atoms with Gasteiger partial charge in [0, 0.05) is 24.0 Å². The van der Waals surface area contributed by atoms with E-state index in [4.69, 9.17) is 10.6 Å². The Bertz CT molecular complexity index is 531. The summed E-state index contributed by atoms with van der Waals surface area (Å²) in [7, 11) is 0. The van der Waals surface area contributed by atoms with Crippen LogP contribution < -0.4 is 16.0 Å². The van der Waals surface area contributed by atoms with Gasteiger partial charge in [0.25, 0.3) is 0 Å². The van der Waals surface area contributed by atoms with Gasteiger partial charge in [-0.25, -0.2) is 0 Å². The summed E-state index contributed by atoms with van der Waals surface area (Å²) in [6.45, 7) is 2.82. The fourth-order valence-electron chi connectivity index (χ4n) is 2.30. The summed E-state index contributed by atoms with van der Waals surface area (Å²) in [4.78, 5) is 4.04. The molecule has 1 unspecified atom stereocenters. The molecule has 21 heavy (non-hydrogen) atoms. The lowest BCUT2D eigenvalue weighted by Crippen LogP contribution is -2.28. The van der Waals surface area contributed by atoms with Crippen molar-refractivity contribution in [1.29, 1.82) is 0 Å². The van der Waals surface area contributed by atoms with Crippen molar-refractivity contribution in [3.05, 3.63) is 59.9 Å². The number of aryl methyl sites for hydroxylation is 1. The number of nitrogens with two attached hydrogens (primary N) is 1. The Morgan fingerprint density at radius 1 is 1.19 bits per heavy atom. The van der Waals surface area contributed by atoms with E-state index in [1.807, 2.05) is 42.7 Å². The molecule has 0 amide bonds. The Balaban J connectivity index is 2.06. The van der Waals surface area contributed by atoms with Crippen molar-refractivity contribution in [2.45, 2.75) is 32.2 Å². The summed E-state index contributed by atoms with van der Waals surface area (Å²) in [5.74, 6) is 6.66. The number of pyridine rings is 1. The zero-order valence-electron chi connectivity index (χ0n) is 12.5. The number of ether oxygens (including phenoxy) is 1. The molecule has 0 saturated heterocycles. The first-order chi connectivity index (χ1) is 10.3. The molecular weight excluding hydrogens is 262 g/mol. The minimum Gasteiger partial charge on any atom is -0.493 e. The highest BCUT2D eigenvalue weighted by Gasteiger charge is 2.14. The van der Waals surface area contributed by atoms with Crippen LogP contribution in [0.3, 0.4) is 0 Å². The van der Waals surface area contributed by atoms with Crippen LogP contribution in [-0.4, -0.2) is 11.6 Å². The molecule has 0 aliphatic carbocycles. The minimum atomic E-state index is 0.0752. The van der Waals surface area contributed by atoms with E-state index >= 15 is 0 Å². The van der Waals surface area contributed by atoms with Crippen molar-refractivity contribution in [3.8, 4) is 5.75 Å². The van der Waals surface area contributed by atoms with Gasteiger partial charge in [-0.05, 0) is 43.0 Å². The number of nitrogens with zero attached hydrogens (tertiary/aromatic N) is 1. The number of aromatic nitrogens is 1. The van der Waals surface area contributed by atoms with Gasteiger partial charge >= 0.3 is 0 Å². The van der Waals surface area contributed by atoms with Crippen LogP contribution >= 0.6 is 0 Å². The van der Waals surface area contributed by atoms with Gasteiger partial charge in [-0.1, -0.05) is 25.1 Å². The topological polar surface area (TPSA) is 60.2 Å². The van der Waals surface area contributed by atoms with Crippen LogP contribution in [-0.2, 0) is 6.42 Å². The van der Waals surface area contributed by atoms with Crippen molar-refractivity contribution < 1.29 is 4.74 Å². The van der Waals surface area contributed by atoms with Crippen LogP contribution in [0.25, 0.3) is 0 Å². The maximum absolute atomic E-state index is 5.82. The second kappa shape index (κ2) is 8.39. The van der Waals surface area contributed by atoms with Gasteiger partial charge in [0.05, 0.1) is 6.61 Å². The van der Waals surface area contributed by atoms with Crippen molar-refractivity contribution in [2.24, 2.45) is 5.84 Å². The van der Waals surface area contributed by atoms with E-state index in [1.165, 1.54) is 5.56 Å². The summed E-state index contributed by atoms with van der Waals surface area (Å²) in [5, 5.41) is 0. The Labute approximate surface area is 126 Å². The molecule has 1 aromatic heterocycles. The number of nitrogens with one attached hydrogen (secondary N) is 1. The lowest BCUT2D eigenvalue weighted by atomic mass is 9.99. The Hall–Kier alpha value is -1.91. The number of hydrogen-bond acceptors (Lipinski definition) is 4. The predicted molar refractivity (Wildman–Crippen MR) is 84.9 cm³/mol. The quantitative estimate of drug-likeness (QED) is 0.578. The molecule has 0 aliphatic rings. The average Bonchev–Trinajstić information content (AvgIpc) is 2.55. The van der Waals surface area contributed by atoms with Crippen LogP contribution in [0.4, 0.5) is 0 Å². The Morgan fingerprint density at radius 3 is 2.67 bits per heavy atom. The standard InChI is InChI=1S/C17H23N3O/c1-2-13-21-17-6-4-3-5-15(17)16(20-18)8-7-14-9-11-19-12-10-14/h3-6,9-12,16,20H,2,7-8,13,18H2,1H3. The van der Waals surface area contributed by atoms with Gasteiger partial charge in [-0.2, -0.15) is 0 Å². The molecular formula is C17H23N3O.